The van der Waals surface area contributed by atoms with Gasteiger partial charge in [0.25, 0.3) is 5.91 Å². The first-order valence-electron chi connectivity index (χ1n) is 8.72. The number of benzene rings is 2. The van der Waals surface area contributed by atoms with Crippen LogP contribution in [0.3, 0.4) is 0 Å². The van der Waals surface area contributed by atoms with Crippen LogP contribution in [-0.4, -0.2) is 28.4 Å². The van der Waals surface area contributed by atoms with Crippen molar-refractivity contribution in [3.63, 3.8) is 0 Å². The maximum Gasteiger partial charge on any atom is 0.254 e. The highest BCUT2D eigenvalue weighted by molar-refractivity contribution is 5.94. The fraction of sp³-hybridized carbons (Fsp3) is 0.286. The normalized spacial score (nSPS) is 17.5. The second-order valence-electron chi connectivity index (χ2n) is 6.51. The van der Waals surface area contributed by atoms with Gasteiger partial charge in [-0.1, -0.05) is 43.3 Å². The summed E-state index contributed by atoms with van der Waals surface area (Å²) in [5, 5.41) is 1.31. The first-order chi connectivity index (χ1) is 11.8. The van der Waals surface area contributed by atoms with Crippen LogP contribution in [0, 0.1) is 0 Å². The standard InChI is InChI=1S/C21H22N2O/c1-2-16-14-18-17-10-6-7-11-19(17)22-20(18)12-13-23(16)21(24)15-8-4-3-5-9-15/h3-11,16,22H,2,12-14H2,1H3. The van der Waals surface area contributed by atoms with Gasteiger partial charge in [-0.25, -0.2) is 0 Å². The molecular formula is C21H22N2O. The number of carbonyl (C=O) groups excluding carboxylic acids is 1. The van der Waals surface area contributed by atoms with E-state index in [0.717, 1.165) is 31.4 Å². The largest absolute Gasteiger partial charge is 0.358 e. The Morgan fingerprint density at radius 3 is 2.67 bits per heavy atom. The zero-order valence-corrected chi connectivity index (χ0v) is 14.0. The number of aromatic amines is 1. The van der Waals surface area contributed by atoms with Crippen LogP contribution < -0.4 is 0 Å². The molecule has 122 valence electrons. The number of nitrogens with one attached hydrogen (secondary N) is 1. The summed E-state index contributed by atoms with van der Waals surface area (Å²) >= 11 is 0. The van der Waals surface area contributed by atoms with Gasteiger partial charge < -0.3 is 9.88 Å². The molecule has 0 bridgehead atoms. The maximum absolute atomic E-state index is 13.0. The number of para-hydroxylation sites is 1. The lowest BCUT2D eigenvalue weighted by atomic mass is 10.0. The van der Waals surface area contributed by atoms with Crippen molar-refractivity contribution in [1.82, 2.24) is 9.88 Å². The summed E-state index contributed by atoms with van der Waals surface area (Å²) in [6, 6.07) is 18.4. The second kappa shape index (κ2) is 6.16. The Labute approximate surface area is 142 Å². The Morgan fingerprint density at radius 2 is 1.88 bits per heavy atom. The zero-order chi connectivity index (χ0) is 16.5. The fourth-order valence-corrected chi connectivity index (χ4v) is 3.84. The average Bonchev–Trinajstić information content (AvgIpc) is 2.88. The topological polar surface area (TPSA) is 36.1 Å². The van der Waals surface area contributed by atoms with Crippen LogP contribution in [0.1, 0.15) is 35.0 Å². The van der Waals surface area contributed by atoms with E-state index in [0.29, 0.717) is 0 Å². The van der Waals surface area contributed by atoms with Gasteiger partial charge in [0.05, 0.1) is 0 Å². The van der Waals surface area contributed by atoms with Gasteiger partial charge >= 0.3 is 0 Å². The molecule has 0 aliphatic carbocycles. The van der Waals surface area contributed by atoms with E-state index in [1.165, 1.54) is 22.2 Å². The number of amides is 1. The van der Waals surface area contributed by atoms with E-state index >= 15 is 0 Å². The minimum Gasteiger partial charge on any atom is -0.358 e. The molecule has 0 saturated carbocycles. The first kappa shape index (κ1) is 15.0. The summed E-state index contributed by atoms with van der Waals surface area (Å²) in [5.41, 5.74) is 4.67. The lowest BCUT2D eigenvalue weighted by molar-refractivity contribution is 0.0681. The van der Waals surface area contributed by atoms with Crippen molar-refractivity contribution in [2.45, 2.75) is 32.2 Å². The Morgan fingerprint density at radius 1 is 1.12 bits per heavy atom. The maximum atomic E-state index is 13.0. The minimum absolute atomic E-state index is 0.150. The molecule has 2 heterocycles. The summed E-state index contributed by atoms with van der Waals surface area (Å²) in [6.07, 6.45) is 2.78. The van der Waals surface area contributed by atoms with Gasteiger partial charge in [-0.05, 0) is 36.6 Å². The Balaban J connectivity index is 1.69. The molecule has 1 N–H and O–H groups in total. The third-order valence-corrected chi connectivity index (χ3v) is 5.14. The summed E-state index contributed by atoms with van der Waals surface area (Å²) in [7, 11) is 0. The van der Waals surface area contributed by atoms with E-state index in [2.05, 4.69) is 41.1 Å². The quantitative estimate of drug-likeness (QED) is 0.756. The Bertz CT molecular complexity index is 866. The van der Waals surface area contributed by atoms with Crippen molar-refractivity contribution < 1.29 is 4.79 Å². The number of aromatic nitrogens is 1. The smallest absolute Gasteiger partial charge is 0.254 e. The third-order valence-electron chi connectivity index (χ3n) is 5.14. The molecule has 1 atom stereocenters. The van der Waals surface area contributed by atoms with E-state index in [-0.39, 0.29) is 11.9 Å². The summed E-state index contributed by atoms with van der Waals surface area (Å²) in [4.78, 5) is 18.6. The van der Waals surface area contributed by atoms with Crippen LogP contribution >= 0.6 is 0 Å². The van der Waals surface area contributed by atoms with Gasteiger partial charge in [0.15, 0.2) is 0 Å². The SMILES string of the molecule is CCC1Cc2c([nH]c3ccccc23)CCN1C(=O)c1ccccc1. The summed E-state index contributed by atoms with van der Waals surface area (Å²) in [5.74, 6) is 0.150. The van der Waals surface area contributed by atoms with E-state index in [1.807, 2.05) is 30.3 Å². The Kier molecular flexibility index (Phi) is 3.85. The van der Waals surface area contributed by atoms with Crippen molar-refractivity contribution in [3.8, 4) is 0 Å². The van der Waals surface area contributed by atoms with Gasteiger partial charge in [0.2, 0.25) is 0 Å². The van der Waals surface area contributed by atoms with Gasteiger partial charge in [-0.3, -0.25) is 4.79 Å². The molecule has 3 nitrogen and oxygen atoms in total. The number of carbonyl (C=O) groups is 1. The molecule has 1 unspecified atom stereocenters. The van der Waals surface area contributed by atoms with Crippen LogP contribution in [0.5, 0.6) is 0 Å². The molecule has 2 aromatic carbocycles. The molecule has 1 amide bonds. The summed E-state index contributed by atoms with van der Waals surface area (Å²) < 4.78 is 0. The molecule has 4 rings (SSSR count). The van der Waals surface area contributed by atoms with Gasteiger partial charge in [-0.2, -0.15) is 0 Å². The average molecular weight is 318 g/mol. The molecule has 3 heteroatoms. The zero-order valence-electron chi connectivity index (χ0n) is 14.0. The molecule has 1 aliphatic rings. The van der Waals surface area contributed by atoms with Crippen LogP contribution in [0.4, 0.5) is 0 Å². The predicted octanol–water partition coefficient (Wildman–Crippen LogP) is 4.19. The lowest BCUT2D eigenvalue weighted by Gasteiger charge is -2.29. The van der Waals surface area contributed by atoms with Crippen molar-refractivity contribution >= 4 is 16.8 Å². The predicted molar refractivity (Wildman–Crippen MR) is 97.3 cm³/mol. The number of fused-ring (bicyclic) bond motifs is 3. The lowest BCUT2D eigenvalue weighted by Crippen LogP contribution is -2.41. The Hall–Kier alpha value is -2.55. The van der Waals surface area contributed by atoms with E-state index < -0.39 is 0 Å². The fourth-order valence-electron chi connectivity index (χ4n) is 3.84. The molecule has 24 heavy (non-hydrogen) atoms. The highest BCUT2D eigenvalue weighted by atomic mass is 16.2. The van der Waals surface area contributed by atoms with Gasteiger partial charge in [-0.15, -0.1) is 0 Å². The number of nitrogens with zero attached hydrogens (tertiary/aromatic N) is 1. The van der Waals surface area contributed by atoms with Gasteiger partial charge in [0, 0.05) is 41.2 Å². The molecular weight excluding hydrogens is 296 g/mol. The van der Waals surface area contributed by atoms with Crippen LogP contribution in [-0.2, 0) is 12.8 Å². The van der Waals surface area contributed by atoms with Crippen LogP contribution in [0.2, 0.25) is 0 Å². The molecule has 0 spiro atoms. The summed E-state index contributed by atoms with van der Waals surface area (Å²) in [6.45, 7) is 2.95. The van der Waals surface area contributed by atoms with Crippen LogP contribution in [0.15, 0.2) is 54.6 Å². The van der Waals surface area contributed by atoms with E-state index in [9.17, 15) is 4.79 Å². The number of H-pyrrole nitrogens is 1. The van der Waals surface area contributed by atoms with E-state index in [4.69, 9.17) is 0 Å². The first-order valence-corrected chi connectivity index (χ1v) is 8.72. The second-order valence-corrected chi connectivity index (χ2v) is 6.51. The van der Waals surface area contributed by atoms with Crippen molar-refractivity contribution in [1.29, 1.82) is 0 Å². The van der Waals surface area contributed by atoms with Crippen molar-refractivity contribution in [2.24, 2.45) is 0 Å². The molecule has 0 fully saturated rings. The monoisotopic (exact) mass is 318 g/mol. The molecule has 1 aliphatic heterocycles. The highest BCUT2D eigenvalue weighted by Crippen LogP contribution is 2.29. The molecule has 0 radical (unpaired) electrons. The number of rotatable bonds is 2. The van der Waals surface area contributed by atoms with Crippen LogP contribution in [0.25, 0.3) is 10.9 Å². The third kappa shape index (κ3) is 2.50. The van der Waals surface area contributed by atoms with E-state index in [1.54, 1.807) is 0 Å². The van der Waals surface area contributed by atoms with Crippen molar-refractivity contribution in [3.05, 3.63) is 71.4 Å². The van der Waals surface area contributed by atoms with Gasteiger partial charge in [0.1, 0.15) is 0 Å². The molecule has 1 aromatic heterocycles. The van der Waals surface area contributed by atoms with Crippen molar-refractivity contribution in [2.75, 3.05) is 6.54 Å². The minimum atomic E-state index is 0.150. The molecule has 0 saturated heterocycles. The number of hydrogen-bond acceptors (Lipinski definition) is 1. The molecule has 3 aromatic rings. The highest BCUT2D eigenvalue weighted by Gasteiger charge is 2.28. The number of hydrogen-bond donors (Lipinski definition) is 1.